The summed E-state index contributed by atoms with van der Waals surface area (Å²) in [7, 11) is -4.15. The van der Waals surface area contributed by atoms with Crippen LogP contribution >= 0.6 is 23.2 Å². The lowest BCUT2D eigenvalue weighted by molar-refractivity contribution is -0.137. The Morgan fingerprint density at radius 3 is 2.11 bits per heavy atom. The van der Waals surface area contributed by atoms with Crippen molar-refractivity contribution in [2.75, 3.05) is 31.1 Å². The van der Waals surface area contributed by atoms with Gasteiger partial charge in [0.1, 0.15) is 4.90 Å². The molecule has 10 heteroatoms. The van der Waals surface area contributed by atoms with Crippen LogP contribution in [-0.4, -0.2) is 38.9 Å². The SMILES string of the molecule is O=S(=O)(c1cc(C(F)(F)F)ccc1Cl)N1CCN(c2ccccc2Cl)CC1. The topological polar surface area (TPSA) is 40.6 Å². The van der Waals surface area contributed by atoms with E-state index in [9.17, 15) is 21.6 Å². The maximum atomic E-state index is 12.9. The highest BCUT2D eigenvalue weighted by Crippen LogP contribution is 2.35. The second-order valence-electron chi connectivity index (χ2n) is 5.99. The Morgan fingerprint density at radius 1 is 0.889 bits per heavy atom. The van der Waals surface area contributed by atoms with Crippen LogP contribution < -0.4 is 4.90 Å². The average molecular weight is 439 g/mol. The van der Waals surface area contributed by atoms with Crippen LogP contribution in [0.1, 0.15) is 5.56 Å². The summed E-state index contributed by atoms with van der Waals surface area (Å²) in [6, 6.07) is 9.49. The van der Waals surface area contributed by atoms with Gasteiger partial charge in [0.05, 0.1) is 21.3 Å². The summed E-state index contributed by atoms with van der Waals surface area (Å²) in [6.45, 7) is 0.944. The highest BCUT2D eigenvalue weighted by Gasteiger charge is 2.35. The Morgan fingerprint density at radius 2 is 1.52 bits per heavy atom. The van der Waals surface area contributed by atoms with Crippen LogP contribution in [0, 0.1) is 0 Å². The van der Waals surface area contributed by atoms with Gasteiger partial charge in [0, 0.05) is 26.2 Å². The molecule has 3 rings (SSSR count). The molecule has 1 aliphatic heterocycles. The largest absolute Gasteiger partial charge is 0.416 e. The van der Waals surface area contributed by atoms with E-state index in [1.54, 1.807) is 12.1 Å². The average Bonchev–Trinajstić information content (AvgIpc) is 2.61. The number of benzene rings is 2. The molecule has 0 bridgehead atoms. The molecule has 2 aromatic carbocycles. The highest BCUT2D eigenvalue weighted by atomic mass is 35.5. The molecular formula is C17H15Cl2F3N2O2S. The van der Waals surface area contributed by atoms with E-state index in [2.05, 4.69) is 0 Å². The third-order valence-corrected chi connectivity index (χ3v) is 7.01. The predicted octanol–water partition coefficient (Wildman–Crippen LogP) is 4.52. The number of alkyl halides is 3. The molecule has 0 radical (unpaired) electrons. The standard InChI is InChI=1S/C17H15Cl2F3N2O2S/c18-13-3-1-2-4-15(13)23-7-9-24(10-8-23)27(25,26)16-11-12(17(20,21)22)5-6-14(16)19/h1-6,11H,7-10H2. The smallest absolute Gasteiger partial charge is 0.368 e. The van der Waals surface area contributed by atoms with Gasteiger partial charge in [0.25, 0.3) is 0 Å². The number of hydrogen-bond donors (Lipinski definition) is 0. The first-order chi connectivity index (χ1) is 12.6. The Balaban J connectivity index is 1.83. The zero-order valence-corrected chi connectivity index (χ0v) is 16.2. The van der Waals surface area contributed by atoms with Crippen molar-refractivity contribution in [3.05, 3.63) is 58.1 Å². The zero-order chi connectivity index (χ0) is 19.8. The number of piperazine rings is 1. The fourth-order valence-electron chi connectivity index (χ4n) is 2.89. The maximum absolute atomic E-state index is 12.9. The van der Waals surface area contributed by atoms with Crippen molar-refractivity contribution in [3.8, 4) is 0 Å². The zero-order valence-electron chi connectivity index (χ0n) is 13.9. The minimum absolute atomic E-state index is 0.111. The molecule has 146 valence electrons. The first-order valence-corrected chi connectivity index (χ1v) is 10.2. The molecule has 0 N–H and O–H groups in total. The number of sulfonamides is 1. The number of rotatable bonds is 3. The summed E-state index contributed by atoms with van der Waals surface area (Å²) < 4.78 is 65.6. The summed E-state index contributed by atoms with van der Waals surface area (Å²) in [5, 5.41) is 0.311. The Hall–Kier alpha value is -1.48. The molecule has 0 aliphatic carbocycles. The summed E-state index contributed by atoms with van der Waals surface area (Å²) in [5.74, 6) is 0. The van der Waals surface area contributed by atoms with E-state index in [4.69, 9.17) is 23.2 Å². The summed E-state index contributed by atoms with van der Waals surface area (Å²) in [6.07, 6.45) is -4.66. The normalized spacial score (nSPS) is 16.6. The minimum atomic E-state index is -4.66. The van der Waals surface area contributed by atoms with Gasteiger partial charge < -0.3 is 4.90 Å². The lowest BCUT2D eigenvalue weighted by Crippen LogP contribution is -2.48. The summed E-state index contributed by atoms with van der Waals surface area (Å²) in [5.41, 5.74) is -0.270. The molecule has 1 saturated heterocycles. The number of para-hydroxylation sites is 1. The number of anilines is 1. The van der Waals surface area contributed by atoms with Crippen LogP contribution in [0.15, 0.2) is 47.4 Å². The maximum Gasteiger partial charge on any atom is 0.416 e. The van der Waals surface area contributed by atoms with Crippen molar-refractivity contribution in [2.24, 2.45) is 0 Å². The van der Waals surface area contributed by atoms with Gasteiger partial charge >= 0.3 is 6.18 Å². The predicted molar refractivity (Wildman–Crippen MR) is 98.9 cm³/mol. The van der Waals surface area contributed by atoms with Crippen molar-refractivity contribution in [1.82, 2.24) is 4.31 Å². The molecule has 2 aromatic rings. The van der Waals surface area contributed by atoms with Crippen molar-refractivity contribution in [3.63, 3.8) is 0 Å². The molecule has 1 fully saturated rings. The lowest BCUT2D eigenvalue weighted by atomic mass is 10.2. The van der Waals surface area contributed by atoms with Gasteiger partial charge in [0.2, 0.25) is 10.0 Å². The van der Waals surface area contributed by atoms with Crippen LogP contribution in [0.25, 0.3) is 0 Å². The van der Waals surface area contributed by atoms with E-state index in [1.807, 2.05) is 17.0 Å². The fourth-order valence-corrected chi connectivity index (χ4v) is 5.07. The molecular weight excluding hydrogens is 424 g/mol. The van der Waals surface area contributed by atoms with Crippen LogP contribution in [0.5, 0.6) is 0 Å². The van der Waals surface area contributed by atoms with Crippen molar-refractivity contribution in [1.29, 1.82) is 0 Å². The Bertz CT molecular complexity index is 943. The van der Waals surface area contributed by atoms with Gasteiger partial charge in [-0.2, -0.15) is 17.5 Å². The minimum Gasteiger partial charge on any atom is -0.368 e. The van der Waals surface area contributed by atoms with Gasteiger partial charge in [-0.3, -0.25) is 0 Å². The van der Waals surface area contributed by atoms with Crippen LogP contribution in [0.2, 0.25) is 10.0 Å². The lowest BCUT2D eigenvalue weighted by Gasteiger charge is -2.35. The van der Waals surface area contributed by atoms with E-state index in [0.29, 0.717) is 24.2 Å². The molecule has 0 spiro atoms. The Labute approximate surface area is 165 Å². The van der Waals surface area contributed by atoms with Crippen molar-refractivity contribution >= 4 is 38.9 Å². The second-order valence-corrected chi connectivity index (χ2v) is 8.71. The van der Waals surface area contributed by atoms with E-state index >= 15 is 0 Å². The summed E-state index contributed by atoms with van der Waals surface area (Å²) >= 11 is 12.1. The number of halogens is 5. The highest BCUT2D eigenvalue weighted by molar-refractivity contribution is 7.89. The molecule has 0 aromatic heterocycles. The van der Waals surface area contributed by atoms with Gasteiger partial charge in [-0.1, -0.05) is 35.3 Å². The van der Waals surface area contributed by atoms with Crippen molar-refractivity contribution in [2.45, 2.75) is 11.1 Å². The molecule has 4 nitrogen and oxygen atoms in total. The molecule has 0 unspecified atom stereocenters. The van der Waals surface area contributed by atoms with Crippen molar-refractivity contribution < 1.29 is 21.6 Å². The summed E-state index contributed by atoms with van der Waals surface area (Å²) in [4.78, 5) is 1.40. The van der Waals surface area contributed by atoms with Crippen LogP contribution in [-0.2, 0) is 16.2 Å². The van der Waals surface area contributed by atoms with E-state index in [0.717, 1.165) is 22.1 Å². The molecule has 27 heavy (non-hydrogen) atoms. The molecule has 1 heterocycles. The van der Waals surface area contributed by atoms with Crippen LogP contribution in [0.3, 0.4) is 0 Å². The molecule has 0 amide bonds. The number of hydrogen-bond acceptors (Lipinski definition) is 3. The van der Waals surface area contributed by atoms with Gasteiger partial charge in [-0.05, 0) is 30.3 Å². The van der Waals surface area contributed by atoms with E-state index < -0.39 is 26.7 Å². The number of nitrogens with zero attached hydrogens (tertiary/aromatic N) is 2. The van der Waals surface area contributed by atoms with E-state index in [1.165, 1.54) is 0 Å². The van der Waals surface area contributed by atoms with Gasteiger partial charge in [-0.25, -0.2) is 8.42 Å². The third-order valence-electron chi connectivity index (χ3n) is 4.31. The van der Waals surface area contributed by atoms with Gasteiger partial charge in [-0.15, -0.1) is 0 Å². The molecule has 0 atom stereocenters. The quantitative estimate of drug-likeness (QED) is 0.706. The third kappa shape index (κ3) is 4.18. The first kappa shape index (κ1) is 20.3. The van der Waals surface area contributed by atoms with Gasteiger partial charge in [0.15, 0.2) is 0 Å². The first-order valence-electron chi connectivity index (χ1n) is 7.97. The Kier molecular flexibility index (Phi) is 5.63. The van der Waals surface area contributed by atoms with Crippen LogP contribution in [0.4, 0.5) is 18.9 Å². The molecule has 1 aliphatic rings. The fraction of sp³-hybridized carbons (Fsp3) is 0.294. The molecule has 0 saturated carbocycles. The second kappa shape index (κ2) is 7.50. The monoisotopic (exact) mass is 438 g/mol. The van der Waals surface area contributed by atoms with E-state index in [-0.39, 0.29) is 18.1 Å².